The van der Waals surface area contributed by atoms with E-state index in [0.29, 0.717) is 34.7 Å². The second kappa shape index (κ2) is 11.4. The average Bonchev–Trinajstić information content (AvgIpc) is 2.92. The summed E-state index contributed by atoms with van der Waals surface area (Å²) in [7, 11) is -3.53. The number of rotatable bonds is 7. The normalized spacial score (nSPS) is 23.2. The molecular formula is C28H30ClN5O4S. The van der Waals surface area contributed by atoms with Gasteiger partial charge in [-0.05, 0) is 54.3 Å². The molecule has 1 aliphatic carbocycles. The molecule has 204 valence electrons. The molecule has 3 aromatic rings. The maximum atomic E-state index is 14.2. The number of hydrogen-bond donors (Lipinski definition) is 2. The van der Waals surface area contributed by atoms with Crippen LogP contribution in [0.15, 0.2) is 66.9 Å². The molecule has 1 aliphatic heterocycles. The van der Waals surface area contributed by atoms with Crippen LogP contribution >= 0.6 is 11.6 Å². The van der Waals surface area contributed by atoms with Gasteiger partial charge in [0, 0.05) is 28.9 Å². The summed E-state index contributed by atoms with van der Waals surface area (Å²) in [6, 6.07) is 16.2. The Morgan fingerprint density at radius 1 is 1.05 bits per heavy atom. The molecule has 0 radical (unpaired) electrons. The summed E-state index contributed by atoms with van der Waals surface area (Å²) in [6.45, 7) is 0.175. The van der Waals surface area contributed by atoms with Crippen molar-refractivity contribution in [2.24, 2.45) is 0 Å². The third-order valence-electron chi connectivity index (χ3n) is 7.39. The van der Waals surface area contributed by atoms with Gasteiger partial charge in [-0.3, -0.25) is 9.59 Å². The number of nitrogens with one attached hydrogen (secondary N) is 2. The second-order valence-electron chi connectivity index (χ2n) is 10.1. The molecule has 2 amide bonds. The first-order valence-electron chi connectivity index (χ1n) is 12.9. The molecule has 39 heavy (non-hydrogen) atoms. The molecule has 1 saturated carbocycles. The zero-order chi connectivity index (χ0) is 27.6. The van der Waals surface area contributed by atoms with E-state index in [9.17, 15) is 18.0 Å². The van der Waals surface area contributed by atoms with Crippen molar-refractivity contribution < 1.29 is 18.0 Å². The fourth-order valence-electron chi connectivity index (χ4n) is 5.79. The minimum absolute atomic E-state index is 0.175. The molecule has 2 aliphatic rings. The van der Waals surface area contributed by atoms with Gasteiger partial charge in [0.1, 0.15) is 0 Å². The molecule has 0 bridgehead atoms. The van der Waals surface area contributed by atoms with Gasteiger partial charge in [-0.15, -0.1) is 0 Å². The molecule has 0 spiro atoms. The van der Waals surface area contributed by atoms with Crippen LogP contribution in [0.4, 0.5) is 0 Å². The maximum Gasteiger partial charge on any atom is 0.255 e. The summed E-state index contributed by atoms with van der Waals surface area (Å²) >= 11 is 6.21. The SMILES string of the molecule is CS(=O)(=O)N[C@H]1CCCC[C@@H]1N1C(=O)c2ccccc2[C@@H](C(=O)NCc2cccnn2)[C@@H]1c1ccc(Cl)cc1. The highest BCUT2D eigenvalue weighted by Crippen LogP contribution is 2.46. The number of benzene rings is 2. The standard InChI is InChI=1S/C28H30ClN5O4S/c1-39(37,38)33-23-10-4-5-11-24(23)34-26(18-12-14-19(29)15-13-18)25(21-8-2-3-9-22(21)28(34)36)27(35)30-17-20-7-6-16-31-32-20/h2-3,6-9,12-16,23-26,33H,4-5,10-11,17H2,1H3,(H,30,35)/t23-,24-,25+,26-/m0/s1. The third kappa shape index (κ3) is 5.98. The van der Waals surface area contributed by atoms with Crippen molar-refractivity contribution in [3.8, 4) is 0 Å². The molecule has 0 saturated heterocycles. The largest absolute Gasteiger partial charge is 0.350 e. The van der Waals surface area contributed by atoms with Crippen molar-refractivity contribution in [2.75, 3.05) is 6.26 Å². The van der Waals surface area contributed by atoms with E-state index in [1.807, 2.05) is 24.3 Å². The highest BCUT2D eigenvalue weighted by atomic mass is 35.5. The highest BCUT2D eigenvalue weighted by molar-refractivity contribution is 7.88. The molecule has 2 N–H and O–H groups in total. The van der Waals surface area contributed by atoms with Crippen LogP contribution in [0, 0.1) is 0 Å². The lowest BCUT2D eigenvalue weighted by Crippen LogP contribution is -2.59. The van der Waals surface area contributed by atoms with Crippen LogP contribution in [0.3, 0.4) is 0 Å². The molecule has 9 nitrogen and oxygen atoms in total. The second-order valence-corrected chi connectivity index (χ2v) is 12.3. The van der Waals surface area contributed by atoms with Crippen molar-refractivity contribution in [2.45, 2.75) is 56.3 Å². The van der Waals surface area contributed by atoms with E-state index in [-0.39, 0.29) is 18.4 Å². The lowest BCUT2D eigenvalue weighted by molar-refractivity contribution is -0.124. The van der Waals surface area contributed by atoms with Crippen LogP contribution in [0.5, 0.6) is 0 Å². The van der Waals surface area contributed by atoms with Crippen molar-refractivity contribution in [3.63, 3.8) is 0 Å². The minimum atomic E-state index is -3.53. The van der Waals surface area contributed by atoms with E-state index in [1.54, 1.807) is 47.5 Å². The van der Waals surface area contributed by atoms with E-state index in [2.05, 4.69) is 20.2 Å². The lowest BCUT2D eigenvalue weighted by Gasteiger charge is -2.49. The lowest BCUT2D eigenvalue weighted by atomic mass is 9.76. The zero-order valence-electron chi connectivity index (χ0n) is 21.5. The van der Waals surface area contributed by atoms with Gasteiger partial charge in [0.25, 0.3) is 5.91 Å². The van der Waals surface area contributed by atoms with Crippen molar-refractivity contribution in [1.29, 1.82) is 0 Å². The summed E-state index contributed by atoms with van der Waals surface area (Å²) in [5.41, 5.74) is 2.41. The number of amides is 2. The Labute approximate surface area is 233 Å². The van der Waals surface area contributed by atoms with Gasteiger partial charge in [-0.1, -0.05) is 54.8 Å². The van der Waals surface area contributed by atoms with E-state index in [1.165, 1.54) is 0 Å². The molecule has 5 rings (SSSR count). The Kier molecular flexibility index (Phi) is 7.97. The molecule has 4 atom stereocenters. The molecule has 1 aromatic heterocycles. The quantitative estimate of drug-likeness (QED) is 0.450. The van der Waals surface area contributed by atoms with Crippen LogP contribution in [-0.2, 0) is 21.4 Å². The molecular weight excluding hydrogens is 538 g/mol. The molecule has 2 aromatic carbocycles. The van der Waals surface area contributed by atoms with Gasteiger partial charge < -0.3 is 10.2 Å². The van der Waals surface area contributed by atoms with Gasteiger partial charge in [0.15, 0.2) is 0 Å². The van der Waals surface area contributed by atoms with Gasteiger partial charge in [-0.2, -0.15) is 10.2 Å². The molecule has 2 heterocycles. The van der Waals surface area contributed by atoms with Crippen LogP contribution in [0.1, 0.15) is 64.8 Å². The Hall–Kier alpha value is -3.34. The Balaban J connectivity index is 1.62. The number of aromatic nitrogens is 2. The summed E-state index contributed by atoms with van der Waals surface area (Å²) in [5.74, 6) is -1.25. The maximum absolute atomic E-state index is 14.2. The first-order chi connectivity index (χ1) is 18.7. The monoisotopic (exact) mass is 567 g/mol. The third-order valence-corrected chi connectivity index (χ3v) is 8.38. The van der Waals surface area contributed by atoms with E-state index >= 15 is 0 Å². The van der Waals surface area contributed by atoms with Crippen LogP contribution in [-0.4, -0.2) is 53.7 Å². The number of sulfonamides is 1. The fraction of sp³-hybridized carbons (Fsp3) is 0.357. The Bertz CT molecular complexity index is 1450. The zero-order valence-corrected chi connectivity index (χ0v) is 23.0. The molecule has 1 fully saturated rings. The number of halogens is 1. The summed E-state index contributed by atoms with van der Waals surface area (Å²) in [5, 5.41) is 11.5. The minimum Gasteiger partial charge on any atom is -0.350 e. The van der Waals surface area contributed by atoms with Crippen molar-refractivity contribution in [1.82, 2.24) is 25.1 Å². The number of carbonyl (C=O) groups excluding carboxylic acids is 2. The number of fused-ring (bicyclic) bond motifs is 1. The molecule has 0 unspecified atom stereocenters. The predicted molar refractivity (Wildman–Crippen MR) is 147 cm³/mol. The highest BCUT2D eigenvalue weighted by Gasteiger charge is 2.48. The summed E-state index contributed by atoms with van der Waals surface area (Å²) in [4.78, 5) is 29.9. The van der Waals surface area contributed by atoms with Gasteiger partial charge in [0.05, 0.1) is 30.5 Å². The fourth-order valence-corrected chi connectivity index (χ4v) is 6.74. The van der Waals surface area contributed by atoms with Crippen LogP contribution in [0.25, 0.3) is 0 Å². The Morgan fingerprint density at radius 2 is 1.79 bits per heavy atom. The first kappa shape index (κ1) is 27.2. The smallest absolute Gasteiger partial charge is 0.255 e. The topological polar surface area (TPSA) is 121 Å². The van der Waals surface area contributed by atoms with Crippen molar-refractivity contribution >= 4 is 33.4 Å². The van der Waals surface area contributed by atoms with Gasteiger partial charge in [0.2, 0.25) is 15.9 Å². The number of nitrogens with zero attached hydrogens (tertiary/aromatic N) is 3. The van der Waals surface area contributed by atoms with Crippen LogP contribution < -0.4 is 10.0 Å². The summed E-state index contributed by atoms with van der Waals surface area (Å²) < 4.78 is 27.3. The van der Waals surface area contributed by atoms with Crippen molar-refractivity contribution in [3.05, 3.63) is 94.3 Å². The first-order valence-corrected chi connectivity index (χ1v) is 15.2. The van der Waals surface area contributed by atoms with Crippen LogP contribution in [0.2, 0.25) is 5.02 Å². The predicted octanol–water partition coefficient (Wildman–Crippen LogP) is 3.59. The average molecular weight is 568 g/mol. The van der Waals surface area contributed by atoms with E-state index in [4.69, 9.17) is 11.6 Å². The van der Waals surface area contributed by atoms with E-state index < -0.39 is 34.1 Å². The van der Waals surface area contributed by atoms with E-state index in [0.717, 1.165) is 24.7 Å². The Morgan fingerprint density at radius 3 is 2.51 bits per heavy atom. The number of carbonyl (C=O) groups is 2. The molecule has 11 heteroatoms. The van der Waals surface area contributed by atoms with Gasteiger partial charge in [-0.25, -0.2) is 13.1 Å². The summed E-state index contributed by atoms with van der Waals surface area (Å²) in [6.07, 6.45) is 5.59. The number of hydrogen-bond acceptors (Lipinski definition) is 6. The van der Waals surface area contributed by atoms with Gasteiger partial charge >= 0.3 is 0 Å².